The average Bonchev–Trinajstić information content (AvgIpc) is 2.70. The van der Waals surface area contributed by atoms with Gasteiger partial charge in [0.15, 0.2) is 0 Å². The standard InChI is InChI=1S/C13H15N5O/c1-9-11(7-14)12(18(2)17-9)16-8-10-5-4-6-15-13(10)19-3/h4-6,16H,8H2,1-3H3. The van der Waals surface area contributed by atoms with Gasteiger partial charge in [0, 0.05) is 25.4 Å². The van der Waals surface area contributed by atoms with Crippen molar-refractivity contribution in [3.8, 4) is 11.9 Å². The van der Waals surface area contributed by atoms with Crippen LogP contribution in [0, 0.1) is 18.3 Å². The molecule has 0 saturated carbocycles. The maximum Gasteiger partial charge on any atom is 0.218 e. The third kappa shape index (κ3) is 2.50. The number of anilines is 1. The Labute approximate surface area is 111 Å². The molecule has 0 fully saturated rings. The highest BCUT2D eigenvalue weighted by Gasteiger charge is 2.13. The Hall–Kier alpha value is -2.55. The van der Waals surface area contributed by atoms with E-state index in [1.165, 1.54) is 0 Å². The molecule has 6 nitrogen and oxygen atoms in total. The van der Waals surface area contributed by atoms with Gasteiger partial charge in [-0.2, -0.15) is 10.4 Å². The van der Waals surface area contributed by atoms with Gasteiger partial charge in [0.05, 0.1) is 12.8 Å². The maximum absolute atomic E-state index is 9.13. The predicted octanol–water partition coefficient (Wildman–Crippen LogP) is 1.62. The highest BCUT2D eigenvalue weighted by Crippen LogP contribution is 2.20. The fourth-order valence-corrected chi connectivity index (χ4v) is 1.92. The number of methoxy groups -OCH3 is 1. The summed E-state index contributed by atoms with van der Waals surface area (Å²) in [5.74, 6) is 1.28. The Morgan fingerprint density at radius 3 is 3.00 bits per heavy atom. The molecule has 98 valence electrons. The third-order valence-corrected chi connectivity index (χ3v) is 2.82. The van der Waals surface area contributed by atoms with Gasteiger partial charge in [0.2, 0.25) is 5.88 Å². The molecule has 2 aromatic heterocycles. The van der Waals surface area contributed by atoms with E-state index < -0.39 is 0 Å². The first kappa shape index (κ1) is 12.9. The first-order valence-corrected chi connectivity index (χ1v) is 5.82. The van der Waals surface area contributed by atoms with E-state index in [1.807, 2.05) is 19.1 Å². The number of aryl methyl sites for hydroxylation is 2. The summed E-state index contributed by atoms with van der Waals surface area (Å²) in [4.78, 5) is 4.13. The van der Waals surface area contributed by atoms with Crippen LogP contribution in [0.4, 0.5) is 5.82 Å². The summed E-state index contributed by atoms with van der Waals surface area (Å²) in [6.07, 6.45) is 1.68. The van der Waals surface area contributed by atoms with Gasteiger partial charge in [0.1, 0.15) is 17.5 Å². The maximum atomic E-state index is 9.13. The minimum Gasteiger partial charge on any atom is -0.481 e. The number of pyridine rings is 1. The molecule has 0 bridgehead atoms. The lowest BCUT2D eigenvalue weighted by Crippen LogP contribution is -2.07. The van der Waals surface area contributed by atoms with Crippen LogP contribution in [0.5, 0.6) is 5.88 Å². The van der Waals surface area contributed by atoms with E-state index in [-0.39, 0.29) is 0 Å². The zero-order valence-corrected chi connectivity index (χ0v) is 11.1. The molecule has 2 aromatic rings. The topological polar surface area (TPSA) is 75.8 Å². The fourth-order valence-electron chi connectivity index (χ4n) is 1.92. The van der Waals surface area contributed by atoms with Gasteiger partial charge in [-0.15, -0.1) is 0 Å². The third-order valence-electron chi connectivity index (χ3n) is 2.82. The van der Waals surface area contributed by atoms with E-state index in [9.17, 15) is 0 Å². The molecule has 2 heterocycles. The van der Waals surface area contributed by atoms with E-state index in [2.05, 4.69) is 21.5 Å². The van der Waals surface area contributed by atoms with E-state index in [0.717, 1.165) is 5.56 Å². The van der Waals surface area contributed by atoms with Crippen LogP contribution >= 0.6 is 0 Å². The van der Waals surface area contributed by atoms with Crippen molar-refractivity contribution in [3.63, 3.8) is 0 Å². The molecule has 0 radical (unpaired) electrons. The molecule has 1 N–H and O–H groups in total. The second-order valence-electron chi connectivity index (χ2n) is 4.07. The van der Waals surface area contributed by atoms with Crippen molar-refractivity contribution in [2.24, 2.45) is 7.05 Å². The van der Waals surface area contributed by atoms with Gasteiger partial charge in [-0.05, 0) is 13.0 Å². The highest BCUT2D eigenvalue weighted by molar-refractivity contribution is 5.55. The van der Waals surface area contributed by atoms with Crippen LogP contribution in [0.3, 0.4) is 0 Å². The van der Waals surface area contributed by atoms with Gasteiger partial charge >= 0.3 is 0 Å². The molecule has 0 saturated heterocycles. The van der Waals surface area contributed by atoms with Gasteiger partial charge in [-0.3, -0.25) is 4.68 Å². The summed E-state index contributed by atoms with van der Waals surface area (Å²) in [7, 11) is 3.39. The van der Waals surface area contributed by atoms with Crippen molar-refractivity contribution in [1.29, 1.82) is 5.26 Å². The zero-order chi connectivity index (χ0) is 13.8. The van der Waals surface area contributed by atoms with E-state index in [1.54, 1.807) is 25.0 Å². The predicted molar refractivity (Wildman–Crippen MR) is 70.8 cm³/mol. The van der Waals surface area contributed by atoms with Crippen LogP contribution < -0.4 is 10.1 Å². The molecule has 0 spiro atoms. The van der Waals surface area contributed by atoms with Crippen LogP contribution in [-0.2, 0) is 13.6 Å². The molecule has 2 rings (SSSR count). The Balaban J connectivity index is 2.22. The Kier molecular flexibility index (Phi) is 3.66. The van der Waals surface area contributed by atoms with Gasteiger partial charge in [-0.1, -0.05) is 6.07 Å². The minimum atomic E-state index is 0.519. The number of hydrogen-bond acceptors (Lipinski definition) is 5. The molecule has 6 heteroatoms. The Morgan fingerprint density at radius 2 is 2.32 bits per heavy atom. The molecule has 0 atom stereocenters. The lowest BCUT2D eigenvalue weighted by molar-refractivity contribution is 0.393. The Morgan fingerprint density at radius 1 is 1.53 bits per heavy atom. The largest absolute Gasteiger partial charge is 0.481 e. The average molecular weight is 257 g/mol. The minimum absolute atomic E-state index is 0.519. The SMILES string of the molecule is COc1ncccc1CNc1c(C#N)c(C)nn1C. The van der Waals surface area contributed by atoms with Crippen LogP contribution in [0.2, 0.25) is 0 Å². The van der Waals surface area contributed by atoms with Crippen LogP contribution in [0.25, 0.3) is 0 Å². The molecule has 0 aliphatic carbocycles. The first-order chi connectivity index (χ1) is 9.17. The Bertz CT molecular complexity index is 626. The van der Waals surface area contributed by atoms with Crippen molar-refractivity contribution < 1.29 is 4.74 Å². The monoisotopic (exact) mass is 257 g/mol. The highest BCUT2D eigenvalue weighted by atomic mass is 16.5. The lowest BCUT2D eigenvalue weighted by Gasteiger charge is -2.09. The number of rotatable bonds is 4. The number of nitrogens with zero attached hydrogens (tertiary/aromatic N) is 4. The second kappa shape index (κ2) is 5.40. The van der Waals surface area contributed by atoms with Crippen molar-refractivity contribution in [1.82, 2.24) is 14.8 Å². The molecule has 0 aliphatic heterocycles. The summed E-state index contributed by atoms with van der Waals surface area (Å²) in [5.41, 5.74) is 2.20. The van der Waals surface area contributed by atoms with Crippen LogP contribution in [0.1, 0.15) is 16.8 Å². The molecule has 0 unspecified atom stereocenters. The summed E-state index contributed by atoms with van der Waals surface area (Å²) < 4.78 is 6.85. The summed E-state index contributed by atoms with van der Waals surface area (Å²) in [6.45, 7) is 2.33. The quantitative estimate of drug-likeness (QED) is 0.900. The second-order valence-corrected chi connectivity index (χ2v) is 4.07. The number of aromatic nitrogens is 3. The van der Waals surface area contributed by atoms with Crippen molar-refractivity contribution in [2.75, 3.05) is 12.4 Å². The van der Waals surface area contributed by atoms with Crippen molar-refractivity contribution in [2.45, 2.75) is 13.5 Å². The van der Waals surface area contributed by atoms with E-state index in [4.69, 9.17) is 10.00 Å². The number of ether oxygens (including phenoxy) is 1. The zero-order valence-electron chi connectivity index (χ0n) is 11.1. The molecule has 19 heavy (non-hydrogen) atoms. The van der Waals surface area contributed by atoms with Crippen molar-refractivity contribution >= 4 is 5.82 Å². The normalized spacial score (nSPS) is 10.0. The summed E-state index contributed by atoms with van der Waals surface area (Å²) >= 11 is 0. The smallest absolute Gasteiger partial charge is 0.218 e. The lowest BCUT2D eigenvalue weighted by atomic mass is 10.2. The van der Waals surface area contributed by atoms with E-state index in [0.29, 0.717) is 29.5 Å². The number of nitrogens with one attached hydrogen (secondary N) is 1. The summed E-state index contributed by atoms with van der Waals surface area (Å²) in [5, 5.41) is 16.6. The van der Waals surface area contributed by atoms with Crippen LogP contribution in [0.15, 0.2) is 18.3 Å². The van der Waals surface area contributed by atoms with E-state index >= 15 is 0 Å². The summed E-state index contributed by atoms with van der Waals surface area (Å²) in [6, 6.07) is 5.93. The first-order valence-electron chi connectivity index (χ1n) is 5.82. The van der Waals surface area contributed by atoms with Crippen LogP contribution in [-0.4, -0.2) is 21.9 Å². The molecule has 0 amide bonds. The molecular weight excluding hydrogens is 242 g/mol. The number of nitriles is 1. The van der Waals surface area contributed by atoms with Gasteiger partial charge in [0.25, 0.3) is 0 Å². The molecule has 0 aliphatic rings. The molecule has 0 aromatic carbocycles. The molecular formula is C13H15N5O. The van der Waals surface area contributed by atoms with Gasteiger partial charge in [-0.25, -0.2) is 4.98 Å². The number of hydrogen-bond donors (Lipinski definition) is 1. The van der Waals surface area contributed by atoms with Crippen molar-refractivity contribution in [3.05, 3.63) is 35.2 Å². The van der Waals surface area contributed by atoms with Gasteiger partial charge < -0.3 is 10.1 Å². The fraction of sp³-hybridized carbons (Fsp3) is 0.308.